The van der Waals surface area contributed by atoms with Crippen molar-refractivity contribution in [1.82, 2.24) is 4.98 Å². The number of carbonyl (C=O) groups is 1. The first-order valence-corrected chi connectivity index (χ1v) is 11.0. The highest BCUT2D eigenvalue weighted by Gasteiger charge is 2.40. The van der Waals surface area contributed by atoms with Crippen molar-refractivity contribution in [3.05, 3.63) is 39.8 Å². The highest BCUT2D eigenvalue weighted by atomic mass is 16.5. The van der Waals surface area contributed by atoms with E-state index in [0.29, 0.717) is 42.4 Å². The van der Waals surface area contributed by atoms with Gasteiger partial charge < -0.3 is 9.15 Å². The van der Waals surface area contributed by atoms with E-state index in [1.807, 2.05) is 0 Å². The van der Waals surface area contributed by atoms with Gasteiger partial charge in [-0.15, -0.1) is 0 Å². The zero-order valence-electron chi connectivity index (χ0n) is 18.6. The molecule has 2 aliphatic rings. The highest BCUT2D eigenvalue weighted by Crippen LogP contribution is 2.55. The molecule has 1 unspecified atom stereocenters. The summed E-state index contributed by atoms with van der Waals surface area (Å²) in [5.41, 5.74) is 9.02. The molecule has 0 bridgehead atoms. The molecule has 2 aliphatic carbocycles. The summed E-state index contributed by atoms with van der Waals surface area (Å²) < 4.78 is 11.1. The molecule has 2 aromatic rings. The molecular formula is C25H33NO3. The Balaban J connectivity index is 1.93. The molecule has 0 saturated carbocycles. The molecule has 0 N–H and O–H groups in total. The number of hydrogen-bond acceptors (Lipinski definition) is 4. The fraction of sp³-hybridized carbons (Fsp3) is 0.600. The van der Waals surface area contributed by atoms with Gasteiger partial charge in [0.2, 0.25) is 0 Å². The maximum absolute atomic E-state index is 11.6. The van der Waals surface area contributed by atoms with Crippen molar-refractivity contribution in [2.24, 2.45) is 5.92 Å². The van der Waals surface area contributed by atoms with Crippen LogP contribution in [-0.4, -0.2) is 18.1 Å². The second-order valence-electron chi connectivity index (χ2n) is 9.38. The van der Waals surface area contributed by atoms with Gasteiger partial charge in [0.05, 0.1) is 13.5 Å². The Morgan fingerprint density at radius 3 is 2.66 bits per heavy atom. The van der Waals surface area contributed by atoms with Crippen LogP contribution in [0.4, 0.5) is 0 Å². The number of aromatic nitrogens is 1. The predicted octanol–water partition coefficient (Wildman–Crippen LogP) is 6.31. The van der Waals surface area contributed by atoms with Gasteiger partial charge in [-0.2, -0.15) is 0 Å². The number of oxazole rings is 1. The van der Waals surface area contributed by atoms with Gasteiger partial charge in [-0.1, -0.05) is 25.5 Å². The van der Waals surface area contributed by atoms with E-state index >= 15 is 0 Å². The number of methoxy groups -OCH3 is 1. The number of esters is 1. The van der Waals surface area contributed by atoms with Gasteiger partial charge in [0.1, 0.15) is 5.52 Å². The molecule has 0 radical (unpaired) electrons. The number of rotatable bonds is 4. The number of carbonyl (C=O) groups excluding carboxylic acids is 1. The van der Waals surface area contributed by atoms with Gasteiger partial charge in [-0.25, -0.2) is 4.98 Å². The molecule has 0 saturated heterocycles. The van der Waals surface area contributed by atoms with Crippen molar-refractivity contribution in [2.45, 2.75) is 84.5 Å². The van der Waals surface area contributed by atoms with E-state index in [-0.39, 0.29) is 5.97 Å². The lowest BCUT2D eigenvalue weighted by Crippen LogP contribution is -2.28. The van der Waals surface area contributed by atoms with Crippen LogP contribution in [0.5, 0.6) is 0 Å². The van der Waals surface area contributed by atoms with Gasteiger partial charge in [-0.3, -0.25) is 4.79 Å². The first-order chi connectivity index (χ1) is 13.8. The lowest BCUT2D eigenvalue weighted by atomic mass is 9.62. The van der Waals surface area contributed by atoms with Crippen LogP contribution in [0.3, 0.4) is 0 Å². The fourth-order valence-corrected chi connectivity index (χ4v) is 5.71. The van der Waals surface area contributed by atoms with Crippen molar-refractivity contribution >= 4 is 17.1 Å². The maximum atomic E-state index is 11.6. The number of nitrogens with zero attached hydrogens (tertiary/aromatic N) is 1. The summed E-state index contributed by atoms with van der Waals surface area (Å²) in [5, 5.41) is 0. The lowest BCUT2D eigenvalue weighted by molar-refractivity contribution is -0.140. The number of allylic oxidation sites excluding steroid dienone is 2. The first-order valence-electron chi connectivity index (χ1n) is 11.0. The Morgan fingerprint density at radius 2 is 1.97 bits per heavy atom. The summed E-state index contributed by atoms with van der Waals surface area (Å²) in [6, 6.07) is 0. The van der Waals surface area contributed by atoms with E-state index < -0.39 is 0 Å². The second-order valence-corrected chi connectivity index (χ2v) is 9.38. The molecule has 0 aliphatic heterocycles. The van der Waals surface area contributed by atoms with Gasteiger partial charge in [0.25, 0.3) is 0 Å². The Hall–Kier alpha value is -2.10. The van der Waals surface area contributed by atoms with Crippen molar-refractivity contribution in [2.75, 3.05) is 7.11 Å². The zero-order chi connectivity index (χ0) is 20.9. The third-order valence-electron chi connectivity index (χ3n) is 7.02. The summed E-state index contributed by atoms with van der Waals surface area (Å²) in [6.07, 6.45) is 6.89. The highest BCUT2D eigenvalue weighted by molar-refractivity contribution is 5.85. The number of aryl methyl sites for hydroxylation is 2. The van der Waals surface area contributed by atoms with E-state index in [1.165, 1.54) is 48.6 Å². The number of fused-ring (bicyclic) bond motifs is 2. The third kappa shape index (κ3) is 3.41. The zero-order valence-corrected chi connectivity index (χ0v) is 18.6. The topological polar surface area (TPSA) is 52.3 Å². The summed E-state index contributed by atoms with van der Waals surface area (Å²) in [7, 11) is 1.42. The van der Waals surface area contributed by atoms with E-state index in [1.54, 1.807) is 5.56 Å². The molecule has 4 rings (SSSR count). The van der Waals surface area contributed by atoms with Crippen LogP contribution >= 0.6 is 0 Å². The minimum absolute atomic E-state index is 0.226. The van der Waals surface area contributed by atoms with Crippen LogP contribution in [-0.2, 0) is 16.0 Å². The molecule has 1 heterocycles. The van der Waals surface area contributed by atoms with E-state index in [2.05, 4.69) is 40.7 Å². The van der Waals surface area contributed by atoms with Crippen LogP contribution < -0.4 is 0 Å². The number of hydrogen-bond donors (Lipinski definition) is 0. The molecule has 4 atom stereocenters. The Labute approximate surface area is 173 Å². The maximum Gasteiger partial charge on any atom is 0.306 e. The Kier molecular flexibility index (Phi) is 5.30. The smallest absolute Gasteiger partial charge is 0.306 e. The predicted molar refractivity (Wildman–Crippen MR) is 115 cm³/mol. The van der Waals surface area contributed by atoms with Crippen molar-refractivity contribution in [1.29, 1.82) is 0 Å². The molecule has 0 fully saturated rings. The summed E-state index contributed by atoms with van der Waals surface area (Å²) in [4.78, 5) is 16.4. The monoisotopic (exact) mass is 395 g/mol. The van der Waals surface area contributed by atoms with E-state index in [4.69, 9.17) is 14.1 Å². The Bertz CT molecular complexity index is 980. The molecule has 29 heavy (non-hydrogen) atoms. The molecule has 1 aromatic carbocycles. The lowest BCUT2D eigenvalue weighted by Gasteiger charge is -2.42. The minimum Gasteiger partial charge on any atom is -0.469 e. The van der Waals surface area contributed by atoms with Crippen LogP contribution in [0.25, 0.3) is 11.1 Å². The van der Waals surface area contributed by atoms with Gasteiger partial charge in [0.15, 0.2) is 11.5 Å². The van der Waals surface area contributed by atoms with Crippen LogP contribution in [0, 0.1) is 12.8 Å². The minimum atomic E-state index is -0.226. The average molecular weight is 396 g/mol. The largest absolute Gasteiger partial charge is 0.469 e. The Morgan fingerprint density at radius 1 is 1.21 bits per heavy atom. The molecule has 1 aromatic heterocycles. The average Bonchev–Trinajstić information content (AvgIpc) is 3.09. The van der Waals surface area contributed by atoms with Crippen LogP contribution in [0.15, 0.2) is 16.1 Å². The second kappa shape index (κ2) is 7.62. The quantitative estimate of drug-likeness (QED) is 0.449. The van der Waals surface area contributed by atoms with Crippen molar-refractivity contribution in [3.63, 3.8) is 0 Å². The van der Waals surface area contributed by atoms with Crippen molar-refractivity contribution in [3.8, 4) is 0 Å². The standard InChI is InChI=1S/C25H33NO3/c1-13(2)11-17-12-15(4)18-8-7-14(3)21-23(18)22(17)16(5)24-25(21)29-19(26-24)9-10-20(27)28-6/h11,14-15,17-18H,7-10,12H2,1-6H3/t14-,15-,17+,18?/m0/s1. The molecule has 4 heteroatoms. The van der Waals surface area contributed by atoms with Gasteiger partial charge in [0, 0.05) is 17.9 Å². The molecule has 4 nitrogen and oxygen atoms in total. The number of benzene rings is 1. The van der Waals surface area contributed by atoms with Crippen LogP contribution in [0.1, 0.15) is 99.3 Å². The van der Waals surface area contributed by atoms with Gasteiger partial charge >= 0.3 is 5.97 Å². The van der Waals surface area contributed by atoms with Gasteiger partial charge in [-0.05, 0) is 74.5 Å². The van der Waals surface area contributed by atoms with Crippen LogP contribution in [0.2, 0.25) is 0 Å². The fourth-order valence-electron chi connectivity index (χ4n) is 5.71. The molecule has 0 spiro atoms. The summed E-state index contributed by atoms with van der Waals surface area (Å²) >= 11 is 0. The van der Waals surface area contributed by atoms with E-state index in [0.717, 1.165) is 11.1 Å². The van der Waals surface area contributed by atoms with E-state index in [9.17, 15) is 4.79 Å². The number of ether oxygens (including phenoxy) is 1. The normalized spacial score (nSPS) is 25.6. The van der Waals surface area contributed by atoms with Crippen molar-refractivity contribution < 1.29 is 13.9 Å². The third-order valence-corrected chi connectivity index (χ3v) is 7.02. The summed E-state index contributed by atoms with van der Waals surface area (Å²) in [6.45, 7) is 11.3. The SMILES string of the molecule is COC(=O)CCc1nc2c(C)c3c4c(c2o1)[C@@H](C)CCC4[C@@H](C)C[C@H]3C=C(C)C. The molecular weight excluding hydrogens is 362 g/mol. The first kappa shape index (κ1) is 20.2. The molecule has 156 valence electrons. The molecule has 0 amide bonds. The summed E-state index contributed by atoms with van der Waals surface area (Å²) in [5.74, 6) is 2.63.